The van der Waals surface area contributed by atoms with Gasteiger partial charge in [0.15, 0.2) is 11.6 Å². The second-order valence-electron chi connectivity index (χ2n) is 3.58. The van der Waals surface area contributed by atoms with Crippen molar-refractivity contribution in [2.75, 3.05) is 6.61 Å². The van der Waals surface area contributed by atoms with Gasteiger partial charge in [-0.3, -0.25) is 0 Å². The molecule has 1 aromatic rings. The summed E-state index contributed by atoms with van der Waals surface area (Å²) in [6, 6.07) is -1.83. The molecule has 0 bridgehead atoms. The van der Waals surface area contributed by atoms with E-state index in [1.165, 1.54) is 6.92 Å². The maximum atomic E-state index is 13.5. The van der Waals surface area contributed by atoms with Crippen LogP contribution in [0.3, 0.4) is 0 Å². The third kappa shape index (κ3) is 2.83. The maximum absolute atomic E-state index is 13.5. The Bertz CT molecular complexity index is 492. The van der Waals surface area contributed by atoms with Gasteiger partial charge >= 0.3 is 11.9 Å². The number of hydrogen-bond donors (Lipinski definition) is 1. The van der Waals surface area contributed by atoms with E-state index >= 15 is 0 Å². The van der Waals surface area contributed by atoms with Crippen molar-refractivity contribution in [3.8, 4) is 0 Å². The summed E-state index contributed by atoms with van der Waals surface area (Å²) in [5.41, 5.74) is 3.57. The van der Waals surface area contributed by atoms with Crippen LogP contribution < -0.4 is 5.73 Å². The number of alkyl halides is 2. The molecule has 0 aliphatic carbocycles. The lowest BCUT2D eigenvalue weighted by molar-refractivity contribution is -0.175. The molecule has 1 rings (SSSR count). The SMILES string of the molecule is CCOC(=O)C(F)(F)[C@H](N)c1c(F)ccc(F)c1F. The topological polar surface area (TPSA) is 52.3 Å². The Hall–Kier alpha value is -1.70. The monoisotopic (exact) mass is 283 g/mol. The van der Waals surface area contributed by atoms with E-state index in [1.54, 1.807) is 0 Å². The highest BCUT2D eigenvalue weighted by Crippen LogP contribution is 2.34. The van der Waals surface area contributed by atoms with Crippen LogP contribution >= 0.6 is 0 Å². The van der Waals surface area contributed by atoms with Crippen molar-refractivity contribution in [3.63, 3.8) is 0 Å². The molecule has 0 amide bonds. The van der Waals surface area contributed by atoms with Crippen LogP contribution in [-0.4, -0.2) is 18.5 Å². The Kier molecular flexibility index (Phi) is 4.46. The minimum absolute atomic E-state index is 0.366. The normalized spacial score (nSPS) is 13.2. The van der Waals surface area contributed by atoms with Gasteiger partial charge in [-0.05, 0) is 19.1 Å². The summed E-state index contributed by atoms with van der Waals surface area (Å²) in [7, 11) is 0. The average Bonchev–Trinajstić information content (AvgIpc) is 2.34. The minimum atomic E-state index is -4.38. The highest BCUT2D eigenvalue weighted by Gasteiger charge is 2.49. The predicted octanol–water partition coefficient (Wildman–Crippen LogP) is 2.30. The molecule has 1 aromatic carbocycles. The van der Waals surface area contributed by atoms with Crippen LogP contribution in [-0.2, 0) is 9.53 Å². The van der Waals surface area contributed by atoms with Crippen molar-refractivity contribution in [1.29, 1.82) is 0 Å². The number of ether oxygens (including phenoxy) is 1. The van der Waals surface area contributed by atoms with Crippen molar-refractivity contribution < 1.29 is 31.5 Å². The number of hydrogen-bond acceptors (Lipinski definition) is 3. The first-order chi connectivity index (χ1) is 8.73. The summed E-state index contributed by atoms with van der Waals surface area (Å²) in [6.07, 6.45) is 0. The molecule has 0 saturated heterocycles. The van der Waals surface area contributed by atoms with E-state index in [0.29, 0.717) is 12.1 Å². The molecule has 106 valence electrons. The fraction of sp³-hybridized carbons (Fsp3) is 0.364. The third-order valence-electron chi connectivity index (χ3n) is 2.33. The largest absolute Gasteiger partial charge is 0.462 e. The van der Waals surface area contributed by atoms with Crippen LogP contribution in [0.25, 0.3) is 0 Å². The summed E-state index contributed by atoms with van der Waals surface area (Å²) in [6.45, 7) is 0.901. The zero-order chi connectivity index (χ0) is 14.8. The van der Waals surface area contributed by atoms with E-state index in [2.05, 4.69) is 4.74 Å². The van der Waals surface area contributed by atoms with Crippen molar-refractivity contribution >= 4 is 5.97 Å². The van der Waals surface area contributed by atoms with E-state index in [-0.39, 0.29) is 6.61 Å². The lowest BCUT2D eigenvalue weighted by atomic mass is 10.00. The van der Waals surface area contributed by atoms with Crippen LogP contribution in [0.5, 0.6) is 0 Å². The fourth-order valence-electron chi connectivity index (χ4n) is 1.36. The number of rotatable bonds is 4. The molecule has 3 nitrogen and oxygen atoms in total. The molecule has 0 aliphatic rings. The van der Waals surface area contributed by atoms with Gasteiger partial charge in [0.25, 0.3) is 0 Å². The fourth-order valence-corrected chi connectivity index (χ4v) is 1.36. The molecule has 8 heteroatoms. The van der Waals surface area contributed by atoms with Crippen LogP contribution in [0.2, 0.25) is 0 Å². The maximum Gasteiger partial charge on any atom is 0.379 e. The lowest BCUT2D eigenvalue weighted by Crippen LogP contribution is -2.42. The third-order valence-corrected chi connectivity index (χ3v) is 2.33. The second-order valence-corrected chi connectivity index (χ2v) is 3.58. The number of carbonyl (C=O) groups excluding carboxylic acids is 1. The zero-order valence-electron chi connectivity index (χ0n) is 9.72. The van der Waals surface area contributed by atoms with Crippen molar-refractivity contribution in [2.45, 2.75) is 18.9 Å². The molecular formula is C11H10F5NO2. The Balaban J connectivity index is 3.23. The first-order valence-corrected chi connectivity index (χ1v) is 5.17. The number of halogens is 5. The molecule has 0 radical (unpaired) electrons. The van der Waals surface area contributed by atoms with Crippen molar-refractivity contribution in [2.24, 2.45) is 5.73 Å². The summed E-state index contributed by atoms with van der Waals surface area (Å²) in [4.78, 5) is 11.0. The van der Waals surface area contributed by atoms with Crippen LogP contribution in [0, 0.1) is 17.5 Å². The van der Waals surface area contributed by atoms with Gasteiger partial charge in [0.05, 0.1) is 12.2 Å². The Morgan fingerprint density at radius 3 is 2.37 bits per heavy atom. The summed E-state index contributed by atoms with van der Waals surface area (Å²) in [5, 5.41) is 0. The molecule has 0 saturated carbocycles. The predicted molar refractivity (Wildman–Crippen MR) is 54.8 cm³/mol. The van der Waals surface area contributed by atoms with Crippen LogP contribution in [0.4, 0.5) is 22.0 Å². The van der Waals surface area contributed by atoms with E-state index < -0.39 is 40.9 Å². The van der Waals surface area contributed by atoms with E-state index in [0.717, 1.165) is 0 Å². The smallest absolute Gasteiger partial charge is 0.379 e. The number of benzene rings is 1. The van der Waals surface area contributed by atoms with Gasteiger partial charge in [-0.2, -0.15) is 8.78 Å². The molecule has 1 atom stereocenters. The van der Waals surface area contributed by atoms with Crippen molar-refractivity contribution in [3.05, 3.63) is 35.1 Å². The standard InChI is InChI=1S/C11H10F5NO2/c1-2-19-10(18)11(15,16)9(17)7-5(12)3-4-6(13)8(7)14/h3-4,9H,2,17H2,1H3/t9-/m1/s1. The Morgan fingerprint density at radius 2 is 1.84 bits per heavy atom. The van der Waals surface area contributed by atoms with Gasteiger partial charge < -0.3 is 10.5 Å². The highest BCUT2D eigenvalue weighted by atomic mass is 19.3. The van der Waals surface area contributed by atoms with Gasteiger partial charge in [0.1, 0.15) is 11.9 Å². The van der Waals surface area contributed by atoms with E-state index in [4.69, 9.17) is 5.73 Å². The molecule has 2 N–H and O–H groups in total. The quantitative estimate of drug-likeness (QED) is 0.524. The average molecular weight is 283 g/mol. The zero-order valence-corrected chi connectivity index (χ0v) is 9.72. The van der Waals surface area contributed by atoms with Crippen molar-refractivity contribution in [1.82, 2.24) is 0 Å². The number of nitrogens with two attached hydrogens (primary N) is 1. The van der Waals surface area contributed by atoms with Gasteiger partial charge in [-0.15, -0.1) is 0 Å². The molecule has 0 aliphatic heterocycles. The number of esters is 1. The summed E-state index contributed by atoms with van der Waals surface area (Å²) in [5.74, 6) is -11.3. The second kappa shape index (κ2) is 5.52. The molecule has 0 aromatic heterocycles. The van der Waals surface area contributed by atoms with Crippen LogP contribution in [0.1, 0.15) is 18.5 Å². The first-order valence-electron chi connectivity index (χ1n) is 5.17. The van der Waals surface area contributed by atoms with Gasteiger partial charge in [0, 0.05) is 0 Å². The molecular weight excluding hydrogens is 273 g/mol. The Labute approximate surface area is 105 Å². The molecule has 0 unspecified atom stereocenters. The highest BCUT2D eigenvalue weighted by molar-refractivity contribution is 5.78. The molecule has 0 fully saturated rings. The molecule has 19 heavy (non-hydrogen) atoms. The first kappa shape index (κ1) is 15.4. The van der Waals surface area contributed by atoms with Gasteiger partial charge in [-0.1, -0.05) is 0 Å². The van der Waals surface area contributed by atoms with E-state index in [9.17, 15) is 26.7 Å². The Morgan fingerprint density at radius 1 is 1.32 bits per heavy atom. The minimum Gasteiger partial charge on any atom is -0.462 e. The van der Waals surface area contributed by atoms with Gasteiger partial charge in [0.2, 0.25) is 0 Å². The number of carbonyl (C=O) groups is 1. The van der Waals surface area contributed by atoms with Gasteiger partial charge in [-0.25, -0.2) is 18.0 Å². The summed E-state index contributed by atoms with van der Waals surface area (Å²) >= 11 is 0. The molecule has 0 spiro atoms. The lowest BCUT2D eigenvalue weighted by Gasteiger charge is -2.22. The molecule has 0 heterocycles. The van der Waals surface area contributed by atoms with Crippen LogP contribution in [0.15, 0.2) is 12.1 Å². The summed E-state index contributed by atoms with van der Waals surface area (Å²) < 4.78 is 70.6. The van der Waals surface area contributed by atoms with E-state index in [1.807, 2.05) is 0 Å².